The maximum atomic E-state index is 13.2. The Labute approximate surface area is 195 Å². The third kappa shape index (κ3) is 4.09. The molecule has 0 spiro atoms. The molecule has 0 saturated carbocycles. The molecule has 1 unspecified atom stereocenters. The van der Waals surface area contributed by atoms with Gasteiger partial charge in [-0.05, 0) is 62.7 Å². The Morgan fingerprint density at radius 3 is 2.24 bits per heavy atom. The molecule has 0 bridgehead atoms. The second-order valence-corrected chi connectivity index (χ2v) is 8.72. The van der Waals surface area contributed by atoms with Gasteiger partial charge in [0, 0.05) is 10.4 Å². The number of benzene rings is 2. The predicted molar refractivity (Wildman–Crippen MR) is 127 cm³/mol. The summed E-state index contributed by atoms with van der Waals surface area (Å²) in [5, 5.41) is 11.6. The molecule has 33 heavy (non-hydrogen) atoms. The van der Waals surface area contributed by atoms with Crippen molar-refractivity contribution in [1.29, 1.82) is 0 Å². The zero-order valence-corrected chi connectivity index (χ0v) is 19.6. The van der Waals surface area contributed by atoms with Crippen molar-refractivity contribution < 1.29 is 24.2 Å². The highest BCUT2D eigenvalue weighted by atomic mass is 32.1. The van der Waals surface area contributed by atoms with Gasteiger partial charge >= 0.3 is 5.91 Å². The van der Waals surface area contributed by atoms with Crippen molar-refractivity contribution in [2.24, 2.45) is 0 Å². The maximum Gasteiger partial charge on any atom is 0.301 e. The summed E-state index contributed by atoms with van der Waals surface area (Å²) in [7, 11) is 1.55. The van der Waals surface area contributed by atoms with Crippen molar-refractivity contribution in [2.75, 3.05) is 18.6 Å². The topological polar surface area (TPSA) is 89.0 Å². The number of aliphatic hydroxyl groups excluding tert-OH is 1. The van der Waals surface area contributed by atoms with E-state index in [1.165, 1.54) is 16.2 Å². The molecule has 2 heterocycles. The van der Waals surface area contributed by atoms with E-state index in [0.717, 1.165) is 10.6 Å². The van der Waals surface area contributed by atoms with E-state index in [9.17, 15) is 14.7 Å². The number of ether oxygens (including phenoxy) is 2. The molecule has 1 atom stereocenters. The first-order valence-corrected chi connectivity index (χ1v) is 11.3. The van der Waals surface area contributed by atoms with Crippen molar-refractivity contribution in [3.05, 3.63) is 75.8 Å². The van der Waals surface area contributed by atoms with Crippen molar-refractivity contribution >= 4 is 33.9 Å². The number of ketones is 1. The molecule has 1 amide bonds. The molecule has 4 rings (SSSR count). The van der Waals surface area contributed by atoms with Gasteiger partial charge in [0.05, 0.1) is 31.0 Å². The number of amides is 1. The van der Waals surface area contributed by atoms with E-state index in [2.05, 4.69) is 4.98 Å². The maximum absolute atomic E-state index is 13.2. The van der Waals surface area contributed by atoms with E-state index in [1.807, 2.05) is 20.8 Å². The lowest BCUT2D eigenvalue weighted by atomic mass is 9.95. The van der Waals surface area contributed by atoms with E-state index in [0.29, 0.717) is 34.4 Å². The lowest BCUT2D eigenvalue weighted by molar-refractivity contribution is -0.132. The molecule has 0 radical (unpaired) electrons. The third-order valence-electron chi connectivity index (χ3n) is 5.54. The van der Waals surface area contributed by atoms with E-state index < -0.39 is 17.7 Å². The summed E-state index contributed by atoms with van der Waals surface area (Å²) < 4.78 is 10.7. The van der Waals surface area contributed by atoms with Gasteiger partial charge in [-0.25, -0.2) is 4.98 Å². The highest BCUT2D eigenvalue weighted by molar-refractivity contribution is 7.16. The zero-order valence-electron chi connectivity index (χ0n) is 18.8. The number of methoxy groups -OCH3 is 1. The average molecular weight is 465 g/mol. The molecule has 8 heteroatoms. The Bertz CT molecular complexity index is 1210. The quantitative estimate of drug-likeness (QED) is 0.320. The summed E-state index contributed by atoms with van der Waals surface area (Å²) >= 11 is 1.34. The fourth-order valence-corrected chi connectivity index (χ4v) is 4.66. The van der Waals surface area contributed by atoms with E-state index in [-0.39, 0.29) is 11.3 Å². The van der Waals surface area contributed by atoms with Gasteiger partial charge in [0.25, 0.3) is 5.78 Å². The number of nitrogens with zero attached hydrogens (tertiary/aromatic N) is 2. The van der Waals surface area contributed by atoms with Gasteiger partial charge in [-0.3, -0.25) is 14.5 Å². The van der Waals surface area contributed by atoms with Crippen LogP contribution in [0.3, 0.4) is 0 Å². The van der Waals surface area contributed by atoms with Crippen molar-refractivity contribution in [3.63, 3.8) is 0 Å². The lowest BCUT2D eigenvalue weighted by Gasteiger charge is -2.23. The minimum absolute atomic E-state index is 0.0137. The molecule has 1 saturated heterocycles. The van der Waals surface area contributed by atoms with Gasteiger partial charge in [0.2, 0.25) is 0 Å². The first-order chi connectivity index (χ1) is 15.8. The van der Waals surface area contributed by atoms with E-state index in [4.69, 9.17) is 9.47 Å². The average Bonchev–Trinajstić information content (AvgIpc) is 3.29. The molecule has 2 aromatic carbocycles. The van der Waals surface area contributed by atoms with Crippen LogP contribution in [0.25, 0.3) is 5.76 Å². The highest BCUT2D eigenvalue weighted by Crippen LogP contribution is 2.44. The van der Waals surface area contributed by atoms with Crippen LogP contribution in [0, 0.1) is 13.8 Å². The second kappa shape index (κ2) is 9.07. The SMILES string of the molecule is CCOc1ccc(C2C(=C(O)c3ccc(OC)cc3)C(=O)C(=O)N2c2nc(C)c(C)s2)cc1. The van der Waals surface area contributed by atoms with Crippen LogP contribution in [-0.4, -0.2) is 35.5 Å². The number of hydrogen-bond donors (Lipinski definition) is 1. The van der Waals surface area contributed by atoms with Gasteiger partial charge in [0.15, 0.2) is 5.13 Å². The summed E-state index contributed by atoms with van der Waals surface area (Å²) in [4.78, 5) is 33.2. The molecular formula is C25H24N2O5S. The number of carbonyl (C=O) groups excluding carboxylic acids is 2. The third-order valence-corrected chi connectivity index (χ3v) is 6.61. The molecule has 7 nitrogen and oxygen atoms in total. The number of carbonyl (C=O) groups is 2. The van der Waals surface area contributed by atoms with Gasteiger partial charge in [-0.2, -0.15) is 0 Å². The predicted octanol–water partition coefficient (Wildman–Crippen LogP) is 4.79. The van der Waals surface area contributed by atoms with Gasteiger partial charge < -0.3 is 14.6 Å². The summed E-state index contributed by atoms with van der Waals surface area (Å²) in [5.41, 5.74) is 1.88. The number of aryl methyl sites for hydroxylation is 2. The monoisotopic (exact) mass is 464 g/mol. The molecule has 1 aliphatic rings. The number of rotatable bonds is 6. The van der Waals surface area contributed by atoms with Crippen LogP contribution in [0.15, 0.2) is 54.1 Å². The van der Waals surface area contributed by atoms with Gasteiger partial charge in [-0.15, -0.1) is 11.3 Å². The van der Waals surface area contributed by atoms with Crippen LogP contribution in [0.2, 0.25) is 0 Å². The molecule has 170 valence electrons. The Balaban J connectivity index is 1.89. The van der Waals surface area contributed by atoms with Crippen LogP contribution in [0.5, 0.6) is 11.5 Å². The second-order valence-electron chi connectivity index (χ2n) is 7.54. The summed E-state index contributed by atoms with van der Waals surface area (Å²) in [6.07, 6.45) is 0. The number of aliphatic hydroxyl groups is 1. The molecule has 1 aromatic heterocycles. The fourth-order valence-electron chi connectivity index (χ4n) is 3.72. The van der Waals surface area contributed by atoms with E-state index in [1.54, 1.807) is 55.6 Å². The molecule has 1 fully saturated rings. The lowest BCUT2D eigenvalue weighted by Crippen LogP contribution is -2.29. The first kappa shape index (κ1) is 22.5. The number of anilines is 1. The Morgan fingerprint density at radius 2 is 1.70 bits per heavy atom. The summed E-state index contributed by atoms with van der Waals surface area (Å²) in [6.45, 7) is 6.18. The van der Waals surface area contributed by atoms with Crippen LogP contribution in [-0.2, 0) is 9.59 Å². The minimum atomic E-state index is -0.826. The van der Waals surface area contributed by atoms with Crippen molar-refractivity contribution in [1.82, 2.24) is 4.98 Å². The molecule has 0 aliphatic carbocycles. The Kier molecular flexibility index (Phi) is 6.20. The minimum Gasteiger partial charge on any atom is -0.507 e. The molecule has 3 aromatic rings. The van der Waals surface area contributed by atoms with Crippen molar-refractivity contribution in [2.45, 2.75) is 26.8 Å². The zero-order chi connectivity index (χ0) is 23.7. The van der Waals surface area contributed by atoms with E-state index >= 15 is 0 Å². The largest absolute Gasteiger partial charge is 0.507 e. The smallest absolute Gasteiger partial charge is 0.301 e. The van der Waals surface area contributed by atoms with Crippen LogP contribution in [0.1, 0.15) is 34.7 Å². The Morgan fingerprint density at radius 1 is 1.06 bits per heavy atom. The first-order valence-electron chi connectivity index (χ1n) is 10.5. The highest BCUT2D eigenvalue weighted by Gasteiger charge is 2.48. The fraction of sp³-hybridized carbons (Fsp3) is 0.240. The summed E-state index contributed by atoms with van der Waals surface area (Å²) in [5.74, 6) is -0.439. The van der Waals surface area contributed by atoms with Crippen molar-refractivity contribution in [3.8, 4) is 11.5 Å². The Hall–Kier alpha value is -3.65. The number of Topliss-reactive ketones (excluding diaryl/α,β-unsaturated/α-hetero) is 1. The van der Waals surface area contributed by atoms with Crippen LogP contribution in [0.4, 0.5) is 5.13 Å². The van der Waals surface area contributed by atoms with Gasteiger partial charge in [0.1, 0.15) is 17.3 Å². The number of hydrogen-bond acceptors (Lipinski definition) is 7. The number of aromatic nitrogens is 1. The molecule has 1 aliphatic heterocycles. The van der Waals surface area contributed by atoms with Crippen LogP contribution >= 0.6 is 11.3 Å². The molecule has 1 N–H and O–H groups in total. The van der Waals surface area contributed by atoms with Crippen LogP contribution < -0.4 is 14.4 Å². The number of thiazole rings is 1. The van der Waals surface area contributed by atoms with Gasteiger partial charge in [-0.1, -0.05) is 12.1 Å². The standard InChI is InChI=1S/C25H24N2O5S/c1-5-32-19-12-6-16(7-13-19)21-20(22(28)17-8-10-18(31-4)11-9-17)23(29)24(30)27(21)25-26-14(2)15(3)33-25/h6-13,21,28H,5H2,1-4H3. The summed E-state index contributed by atoms with van der Waals surface area (Å²) in [6, 6.07) is 13.0. The molecular weight excluding hydrogens is 440 g/mol. The normalized spacial score (nSPS) is 17.5.